The van der Waals surface area contributed by atoms with Gasteiger partial charge in [0.2, 0.25) is 0 Å². The normalized spacial score (nSPS) is 27.0. The van der Waals surface area contributed by atoms with Crippen molar-refractivity contribution in [1.82, 2.24) is 10.2 Å². The van der Waals surface area contributed by atoms with E-state index in [0.29, 0.717) is 11.1 Å². The van der Waals surface area contributed by atoms with Crippen molar-refractivity contribution in [2.45, 2.75) is 32.6 Å². The van der Waals surface area contributed by atoms with Gasteiger partial charge in [0.05, 0.1) is 5.69 Å². The Labute approximate surface area is 83.3 Å². The van der Waals surface area contributed by atoms with Gasteiger partial charge >= 0.3 is 0 Å². The molecule has 1 aliphatic carbocycles. The fraction of sp³-hybridized carbons (Fsp3) is 0.600. The monoisotopic (exact) mass is 196 g/mol. The first-order valence-electron chi connectivity index (χ1n) is 4.69. The molecule has 3 heteroatoms. The molecule has 13 heavy (non-hydrogen) atoms. The van der Waals surface area contributed by atoms with Crippen LogP contribution in [0.4, 0.5) is 0 Å². The van der Waals surface area contributed by atoms with Gasteiger partial charge in [0.25, 0.3) is 0 Å². The van der Waals surface area contributed by atoms with Gasteiger partial charge in [-0.2, -0.15) is 5.10 Å². The third-order valence-corrected chi connectivity index (χ3v) is 2.89. The van der Waals surface area contributed by atoms with Crippen LogP contribution in [0.2, 0.25) is 5.15 Å². The molecule has 0 fully saturated rings. The zero-order valence-electron chi connectivity index (χ0n) is 7.92. The predicted molar refractivity (Wildman–Crippen MR) is 52.9 cm³/mol. The maximum absolute atomic E-state index is 5.80. The van der Waals surface area contributed by atoms with Gasteiger partial charge in [0.15, 0.2) is 5.15 Å². The number of rotatable bonds is 0. The van der Waals surface area contributed by atoms with E-state index < -0.39 is 0 Å². The van der Waals surface area contributed by atoms with E-state index in [1.807, 2.05) is 6.07 Å². The molecule has 0 radical (unpaired) electrons. The smallest absolute Gasteiger partial charge is 0.152 e. The van der Waals surface area contributed by atoms with Gasteiger partial charge in [-0.1, -0.05) is 25.4 Å². The lowest BCUT2D eigenvalue weighted by atomic mass is 9.81. The summed E-state index contributed by atoms with van der Waals surface area (Å²) < 4.78 is 0. The molecule has 2 nitrogen and oxygen atoms in total. The topological polar surface area (TPSA) is 25.8 Å². The van der Waals surface area contributed by atoms with E-state index in [1.54, 1.807) is 0 Å². The van der Waals surface area contributed by atoms with Crippen molar-refractivity contribution in [3.8, 4) is 0 Å². The van der Waals surface area contributed by atoms with Crippen molar-refractivity contribution >= 4 is 11.6 Å². The fourth-order valence-corrected chi connectivity index (χ4v) is 2.29. The van der Waals surface area contributed by atoms with Crippen LogP contribution < -0.4 is 0 Å². The molecule has 0 saturated heterocycles. The second kappa shape index (κ2) is 3.26. The van der Waals surface area contributed by atoms with E-state index >= 15 is 0 Å². The molecule has 0 N–H and O–H groups in total. The highest BCUT2D eigenvalue weighted by molar-refractivity contribution is 6.29. The Balaban J connectivity index is 2.43. The van der Waals surface area contributed by atoms with Crippen molar-refractivity contribution in [2.75, 3.05) is 0 Å². The Bertz CT molecular complexity index is 325. The fourth-order valence-electron chi connectivity index (χ4n) is 2.14. The highest BCUT2D eigenvalue weighted by Crippen LogP contribution is 2.33. The molecular weight excluding hydrogens is 184 g/mol. The summed E-state index contributed by atoms with van der Waals surface area (Å²) in [5.41, 5.74) is 2.42. The third kappa shape index (κ3) is 1.68. The van der Waals surface area contributed by atoms with E-state index in [-0.39, 0.29) is 0 Å². The number of hydrogen-bond donors (Lipinski definition) is 0. The maximum atomic E-state index is 5.80. The van der Waals surface area contributed by atoms with E-state index in [0.717, 1.165) is 18.0 Å². The van der Waals surface area contributed by atoms with Gasteiger partial charge in [-0.05, 0) is 36.3 Å². The Hall–Kier alpha value is -0.630. The van der Waals surface area contributed by atoms with Crippen LogP contribution in [-0.4, -0.2) is 10.2 Å². The molecule has 1 aromatic heterocycles. The van der Waals surface area contributed by atoms with Crippen molar-refractivity contribution in [1.29, 1.82) is 0 Å². The number of halogens is 1. The summed E-state index contributed by atoms with van der Waals surface area (Å²) in [6, 6.07) is 1.96. The van der Waals surface area contributed by atoms with Gasteiger partial charge in [0, 0.05) is 0 Å². The Morgan fingerprint density at radius 1 is 1.38 bits per heavy atom. The lowest BCUT2D eigenvalue weighted by molar-refractivity contribution is 0.438. The van der Waals surface area contributed by atoms with E-state index in [2.05, 4.69) is 24.0 Å². The van der Waals surface area contributed by atoms with E-state index in [1.165, 1.54) is 12.0 Å². The maximum Gasteiger partial charge on any atom is 0.152 e. The van der Waals surface area contributed by atoms with Crippen molar-refractivity contribution < 1.29 is 0 Å². The molecule has 0 spiro atoms. The summed E-state index contributed by atoms with van der Waals surface area (Å²) in [7, 11) is 0. The highest BCUT2D eigenvalue weighted by atomic mass is 35.5. The average Bonchev–Trinajstić information content (AvgIpc) is 2.06. The summed E-state index contributed by atoms with van der Waals surface area (Å²) in [6.07, 6.45) is 2.28. The zero-order valence-corrected chi connectivity index (χ0v) is 8.67. The molecule has 0 saturated carbocycles. The quantitative estimate of drug-likeness (QED) is 0.638. The van der Waals surface area contributed by atoms with Gasteiger partial charge < -0.3 is 0 Å². The predicted octanol–water partition coefficient (Wildman–Crippen LogP) is 2.82. The molecule has 1 heterocycles. The van der Waals surface area contributed by atoms with Crippen LogP contribution >= 0.6 is 11.6 Å². The average molecular weight is 197 g/mol. The summed E-state index contributed by atoms with van der Waals surface area (Å²) in [4.78, 5) is 0. The first kappa shape index (κ1) is 8.95. The first-order valence-corrected chi connectivity index (χ1v) is 5.06. The van der Waals surface area contributed by atoms with Crippen LogP contribution in [0.5, 0.6) is 0 Å². The molecule has 0 aliphatic heterocycles. The van der Waals surface area contributed by atoms with Gasteiger partial charge in [-0.15, -0.1) is 5.10 Å². The molecule has 1 aromatic rings. The Morgan fingerprint density at radius 3 is 2.92 bits per heavy atom. The van der Waals surface area contributed by atoms with Gasteiger partial charge in [-0.25, -0.2) is 0 Å². The summed E-state index contributed by atoms with van der Waals surface area (Å²) >= 11 is 5.80. The molecule has 70 valence electrons. The van der Waals surface area contributed by atoms with Crippen LogP contribution in [0.15, 0.2) is 6.07 Å². The van der Waals surface area contributed by atoms with Crippen LogP contribution in [0.1, 0.15) is 37.4 Å². The van der Waals surface area contributed by atoms with Gasteiger partial charge in [0.1, 0.15) is 0 Å². The van der Waals surface area contributed by atoms with E-state index in [9.17, 15) is 0 Å². The van der Waals surface area contributed by atoms with Crippen LogP contribution in [0.25, 0.3) is 0 Å². The second-order valence-corrected chi connectivity index (χ2v) is 4.40. The van der Waals surface area contributed by atoms with Crippen molar-refractivity contribution in [2.24, 2.45) is 5.92 Å². The largest absolute Gasteiger partial charge is 0.154 e. The number of aromatic nitrogens is 2. The first-order chi connectivity index (χ1) is 6.16. The molecule has 1 aliphatic rings. The number of hydrogen-bond acceptors (Lipinski definition) is 2. The lowest BCUT2D eigenvalue weighted by Gasteiger charge is -2.25. The summed E-state index contributed by atoms with van der Waals surface area (Å²) in [6.45, 7) is 4.49. The molecule has 2 atom stereocenters. The number of fused-ring (bicyclic) bond motifs is 1. The second-order valence-electron chi connectivity index (χ2n) is 4.02. The third-order valence-electron chi connectivity index (χ3n) is 2.70. The molecule has 0 bridgehead atoms. The minimum atomic E-state index is 0.514. The summed E-state index contributed by atoms with van der Waals surface area (Å²) in [5.74, 6) is 1.30. The lowest BCUT2D eigenvalue weighted by Crippen LogP contribution is -2.16. The summed E-state index contributed by atoms with van der Waals surface area (Å²) in [5, 5.41) is 8.53. The molecule has 0 aromatic carbocycles. The zero-order chi connectivity index (χ0) is 9.42. The molecule has 2 unspecified atom stereocenters. The minimum absolute atomic E-state index is 0.514. The van der Waals surface area contributed by atoms with Gasteiger partial charge in [-0.3, -0.25) is 0 Å². The highest BCUT2D eigenvalue weighted by Gasteiger charge is 2.22. The Morgan fingerprint density at radius 2 is 2.15 bits per heavy atom. The van der Waals surface area contributed by atoms with Crippen LogP contribution in [0, 0.1) is 5.92 Å². The Kier molecular flexibility index (Phi) is 2.24. The number of nitrogens with zero attached hydrogens (tertiary/aromatic N) is 2. The minimum Gasteiger partial charge on any atom is -0.154 e. The van der Waals surface area contributed by atoms with Crippen LogP contribution in [0.3, 0.4) is 0 Å². The molecule has 0 amide bonds. The van der Waals surface area contributed by atoms with E-state index in [4.69, 9.17) is 11.6 Å². The molecular formula is C10H13ClN2. The SMILES string of the molecule is CC1Cc2nnc(Cl)cc2C(C)C1. The molecule has 2 rings (SSSR count). The van der Waals surface area contributed by atoms with Crippen molar-refractivity contribution in [3.05, 3.63) is 22.5 Å². The standard InChI is InChI=1S/C10H13ClN2/c1-6-3-7(2)8-5-10(11)13-12-9(8)4-6/h5-7H,3-4H2,1-2H3. The van der Waals surface area contributed by atoms with Crippen molar-refractivity contribution in [3.63, 3.8) is 0 Å². The van der Waals surface area contributed by atoms with Crippen LogP contribution in [-0.2, 0) is 6.42 Å².